The minimum atomic E-state index is -3.69. The van der Waals surface area contributed by atoms with Crippen LogP contribution in [0.2, 0.25) is 0 Å². The Morgan fingerprint density at radius 2 is 1.70 bits per heavy atom. The number of likely N-dealkylation sites (N-methyl/N-ethyl adjacent to an activating group) is 1. The van der Waals surface area contributed by atoms with Gasteiger partial charge in [0, 0.05) is 44.8 Å². The van der Waals surface area contributed by atoms with Crippen LogP contribution in [0.15, 0.2) is 41.3 Å². The van der Waals surface area contributed by atoms with Gasteiger partial charge < -0.3 is 19.3 Å². The first-order valence-corrected chi connectivity index (χ1v) is 14.2. The number of nitrogens with zero attached hydrogens (tertiary/aromatic N) is 3. The molecule has 0 atom stereocenters. The summed E-state index contributed by atoms with van der Waals surface area (Å²) in [5.74, 6) is 0.591. The highest BCUT2D eigenvalue weighted by Crippen LogP contribution is 2.28. The van der Waals surface area contributed by atoms with Gasteiger partial charge in [0.05, 0.1) is 18.6 Å². The van der Waals surface area contributed by atoms with E-state index in [1.165, 1.54) is 11.4 Å². The molecule has 1 aliphatic rings. The molecule has 1 heterocycles. The summed E-state index contributed by atoms with van der Waals surface area (Å²) in [6, 6.07) is 12.2. The average molecular weight is 532 g/mol. The van der Waals surface area contributed by atoms with Gasteiger partial charge in [0.15, 0.2) is 5.78 Å². The van der Waals surface area contributed by atoms with Crippen molar-refractivity contribution < 1.29 is 22.7 Å². The van der Waals surface area contributed by atoms with E-state index in [-0.39, 0.29) is 30.4 Å². The highest BCUT2D eigenvalue weighted by molar-refractivity contribution is 7.89. The minimum absolute atomic E-state index is 0.0316. The van der Waals surface area contributed by atoms with Crippen LogP contribution < -0.4 is 9.64 Å². The quantitative estimate of drug-likeness (QED) is 0.389. The first-order valence-electron chi connectivity index (χ1n) is 12.7. The summed E-state index contributed by atoms with van der Waals surface area (Å²) in [5.41, 5.74) is 3.37. The van der Waals surface area contributed by atoms with E-state index >= 15 is 0 Å². The second-order valence-corrected chi connectivity index (χ2v) is 12.0. The molecule has 3 rings (SSSR count). The third-order valence-electron chi connectivity index (χ3n) is 7.02. The third-order valence-corrected chi connectivity index (χ3v) is 9.19. The monoisotopic (exact) mass is 531 g/mol. The molecule has 0 saturated carbocycles. The molecular formula is C28H41N3O5S. The number of piperidine rings is 1. The fraction of sp³-hybridized carbons (Fsp3) is 0.536. The molecule has 0 unspecified atom stereocenters. The number of hydrogen-bond acceptors (Lipinski definition) is 7. The van der Waals surface area contributed by atoms with Crippen LogP contribution in [0, 0.1) is 13.8 Å². The number of ketones is 1. The van der Waals surface area contributed by atoms with Gasteiger partial charge in [-0.1, -0.05) is 12.1 Å². The van der Waals surface area contributed by atoms with Gasteiger partial charge in [0.2, 0.25) is 10.0 Å². The smallest absolute Gasteiger partial charge is 0.243 e. The van der Waals surface area contributed by atoms with Gasteiger partial charge in [0.25, 0.3) is 0 Å². The van der Waals surface area contributed by atoms with Gasteiger partial charge in [-0.15, -0.1) is 0 Å². The molecule has 0 radical (unpaired) electrons. The maximum atomic E-state index is 13.1. The van der Waals surface area contributed by atoms with Crippen molar-refractivity contribution in [3.8, 4) is 5.75 Å². The molecular weight excluding hydrogens is 490 g/mol. The summed E-state index contributed by atoms with van der Waals surface area (Å²) in [6.07, 6.45) is 2.55. The summed E-state index contributed by atoms with van der Waals surface area (Å²) in [7, 11) is 3.65. The molecule has 204 valence electrons. The van der Waals surface area contributed by atoms with E-state index in [9.17, 15) is 13.2 Å². The first-order chi connectivity index (χ1) is 17.5. The van der Waals surface area contributed by atoms with E-state index in [0.717, 1.165) is 37.2 Å². The zero-order valence-electron chi connectivity index (χ0n) is 23.0. The van der Waals surface area contributed by atoms with Crippen LogP contribution in [0.5, 0.6) is 5.75 Å². The maximum absolute atomic E-state index is 13.1. The molecule has 0 N–H and O–H groups in total. The molecule has 37 heavy (non-hydrogen) atoms. The van der Waals surface area contributed by atoms with Gasteiger partial charge in [-0.2, -0.15) is 4.31 Å². The Balaban J connectivity index is 1.48. The van der Waals surface area contributed by atoms with Crippen molar-refractivity contribution in [3.05, 3.63) is 53.1 Å². The van der Waals surface area contributed by atoms with E-state index in [2.05, 4.69) is 36.0 Å². The topological polar surface area (TPSA) is 79.4 Å². The predicted molar refractivity (Wildman–Crippen MR) is 147 cm³/mol. The third kappa shape index (κ3) is 7.54. The molecule has 1 fully saturated rings. The molecule has 1 saturated heterocycles. The van der Waals surface area contributed by atoms with Crippen molar-refractivity contribution in [1.29, 1.82) is 0 Å². The minimum Gasteiger partial charge on any atom is -0.497 e. The van der Waals surface area contributed by atoms with Crippen LogP contribution >= 0.6 is 0 Å². The Bertz CT molecular complexity index is 1150. The fourth-order valence-electron chi connectivity index (χ4n) is 4.87. The Hall–Kier alpha value is -2.46. The molecule has 0 aliphatic carbocycles. The number of carbonyl (C=O) groups is 1. The molecule has 9 heteroatoms. The Morgan fingerprint density at radius 3 is 2.30 bits per heavy atom. The summed E-state index contributed by atoms with van der Waals surface area (Å²) < 4.78 is 38.3. The van der Waals surface area contributed by atoms with E-state index in [4.69, 9.17) is 9.47 Å². The maximum Gasteiger partial charge on any atom is 0.243 e. The van der Waals surface area contributed by atoms with E-state index in [0.29, 0.717) is 29.3 Å². The fourth-order valence-corrected chi connectivity index (χ4v) is 6.43. The number of anilines is 1. The van der Waals surface area contributed by atoms with E-state index in [1.54, 1.807) is 33.1 Å². The van der Waals surface area contributed by atoms with Crippen LogP contribution in [-0.2, 0) is 26.0 Å². The van der Waals surface area contributed by atoms with Crippen molar-refractivity contribution in [2.24, 2.45) is 0 Å². The Labute approximate surface area is 222 Å². The summed E-state index contributed by atoms with van der Waals surface area (Å²) in [5, 5.41) is 0. The molecule has 0 aromatic heterocycles. The number of benzene rings is 2. The van der Waals surface area contributed by atoms with Gasteiger partial charge in [-0.3, -0.25) is 4.79 Å². The van der Waals surface area contributed by atoms with Gasteiger partial charge in [-0.25, -0.2) is 8.42 Å². The predicted octanol–water partition coefficient (Wildman–Crippen LogP) is 3.29. The number of rotatable bonds is 12. The van der Waals surface area contributed by atoms with Crippen molar-refractivity contribution in [3.63, 3.8) is 0 Å². The van der Waals surface area contributed by atoms with E-state index in [1.807, 2.05) is 12.1 Å². The number of sulfonamides is 1. The van der Waals surface area contributed by atoms with Crippen LogP contribution in [0.3, 0.4) is 0 Å². The number of methoxy groups -OCH3 is 1. The van der Waals surface area contributed by atoms with Gasteiger partial charge in [-0.05, 0) is 81.7 Å². The highest BCUT2D eigenvalue weighted by Gasteiger charge is 2.25. The molecule has 2 aromatic carbocycles. The lowest BCUT2D eigenvalue weighted by Crippen LogP contribution is -2.42. The molecule has 1 aliphatic heterocycles. The summed E-state index contributed by atoms with van der Waals surface area (Å²) in [6.45, 7) is 5.77. The lowest BCUT2D eigenvalue weighted by atomic mass is 10.0. The SMILES string of the molecule is COc1cc(C)c(S(=O)(=O)N(C)CCOCC(=O)Cc2cccc(N3CCC(N(C)C)CC3)c2)c(C)c1. The highest BCUT2D eigenvalue weighted by atomic mass is 32.2. The van der Waals surface area contributed by atoms with Crippen LogP contribution in [0.4, 0.5) is 5.69 Å². The Kier molecular flexibility index (Phi) is 10.1. The van der Waals surface area contributed by atoms with Gasteiger partial charge >= 0.3 is 0 Å². The lowest BCUT2D eigenvalue weighted by Gasteiger charge is -2.36. The van der Waals surface area contributed by atoms with E-state index < -0.39 is 10.0 Å². The zero-order valence-corrected chi connectivity index (χ0v) is 23.8. The number of ether oxygens (including phenoxy) is 2. The van der Waals surface area contributed by atoms with Crippen molar-refractivity contribution >= 4 is 21.5 Å². The molecule has 0 bridgehead atoms. The number of hydrogen-bond donors (Lipinski definition) is 0. The Morgan fingerprint density at radius 1 is 1.05 bits per heavy atom. The van der Waals surface area contributed by atoms with Gasteiger partial charge in [0.1, 0.15) is 12.4 Å². The van der Waals surface area contributed by atoms with Crippen molar-refractivity contribution in [2.75, 3.05) is 66.0 Å². The standard InChI is InChI=1S/C28H41N3O5S/c1-21-16-27(35-6)17-22(2)28(21)37(33,34)30(5)14-15-36-20-26(32)19-23-8-7-9-25(18-23)31-12-10-24(11-13-31)29(3)4/h7-9,16-18,24H,10-15,19-20H2,1-6H3. The zero-order chi connectivity index (χ0) is 27.2. The molecule has 2 aromatic rings. The second kappa shape index (κ2) is 12.9. The number of aryl methyl sites for hydroxylation is 2. The normalized spacial score (nSPS) is 15.0. The largest absolute Gasteiger partial charge is 0.497 e. The second-order valence-electron chi connectivity index (χ2n) is 10.0. The van der Waals surface area contributed by atoms with Crippen LogP contribution in [0.25, 0.3) is 0 Å². The summed E-state index contributed by atoms with van der Waals surface area (Å²) in [4.78, 5) is 17.5. The summed E-state index contributed by atoms with van der Waals surface area (Å²) >= 11 is 0. The van der Waals surface area contributed by atoms with Crippen LogP contribution in [0.1, 0.15) is 29.5 Å². The molecule has 0 spiro atoms. The average Bonchev–Trinajstić information content (AvgIpc) is 2.86. The molecule has 0 amide bonds. The molecule has 8 nitrogen and oxygen atoms in total. The number of carbonyl (C=O) groups excluding carboxylic acids is 1. The van der Waals surface area contributed by atoms with Crippen LogP contribution in [-0.4, -0.2) is 90.5 Å². The number of Topliss-reactive ketones (excluding diaryl/α,β-unsaturated/α-hetero) is 1. The van der Waals surface area contributed by atoms with Crippen molar-refractivity contribution in [2.45, 2.75) is 44.0 Å². The lowest BCUT2D eigenvalue weighted by molar-refractivity contribution is -0.122. The first kappa shape index (κ1) is 29.1. The van der Waals surface area contributed by atoms with Crippen molar-refractivity contribution in [1.82, 2.24) is 9.21 Å².